The third-order valence-corrected chi connectivity index (χ3v) is 1.78. The maximum atomic E-state index is 10.9. The first-order chi connectivity index (χ1) is 7.72. The topological polar surface area (TPSA) is 55.1 Å². The predicted molar refractivity (Wildman–Crippen MR) is 71.3 cm³/mol. The highest BCUT2D eigenvalue weighted by molar-refractivity contribution is 5.77. The molecule has 0 unspecified atom stereocenters. The molecule has 0 rings (SSSR count). The third-order valence-electron chi connectivity index (χ3n) is 1.78. The van der Waals surface area contributed by atoms with E-state index < -0.39 is 0 Å². The molecule has 0 atom stereocenters. The largest absolute Gasteiger partial charge is 0.356 e. The van der Waals surface area contributed by atoms with Crippen molar-refractivity contribution in [3.63, 3.8) is 0 Å². The van der Waals surface area contributed by atoms with E-state index in [9.17, 15) is 4.79 Å². The Morgan fingerprint density at radius 1 is 1.25 bits per heavy atom. The zero-order chi connectivity index (χ0) is 12.6. The van der Waals surface area contributed by atoms with Crippen LogP contribution in [0.1, 0.15) is 52.4 Å². The molecule has 0 aliphatic carbocycles. The molecule has 0 heterocycles. The first kappa shape index (κ1) is 17.6. The molecule has 0 spiro atoms. The van der Waals surface area contributed by atoms with Gasteiger partial charge in [-0.05, 0) is 19.4 Å². The van der Waals surface area contributed by atoms with Crippen LogP contribution in [0.15, 0.2) is 12.7 Å². The van der Waals surface area contributed by atoms with Crippen LogP contribution in [0.25, 0.3) is 0 Å². The van der Waals surface area contributed by atoms with Gasteiger partial charge in [-0.3, -0.25) is 4.79 Å². The van der Waals surface area contributed by atoms with Gasteiger partial charge in [0.15, 0.2) is 0 Å². The van der Waals surface area contributed by atoms with Gasteiger partial charge < -0.3 is 11.1 Å². The second-order valence-corrected chi connectivity index (χ2v) is 3.75. The van der Waals surface area contributed by atoms with Crippen molar-refractivity contribution in [2.45, 2.75) is 52.4 Å². The summed E-state index contributed by atoms with van der Waals surface area (Å²) in [7, 11) is 0. The van der Waals surface area contributed by atoms with E-state index >= 15 is 0 Å². The van der Waals surface area contributed by atoms with Gasteiger partial charge in [-0.1, -0.05) is 39.2 Å². The van der Waals surface area contributed by atoms with Crippen LogP contribution in [0.5, 0.6) is 0 Å². The normalized spacial score (nSPS) is 8.94. The lowest BCUT2D eigenvalue weighted by molar-refractivity contribution is -0.120. The van der Waals surface area contributed by atoms with Crippen LogP contribution in [0, 0.1) is 0 Å². The Labute approximate surface area is 100 Å². The number of nitrogens with one attached hydrogen (secondary N) is 1. The molecule has 0 radical (unpaired) electrons. The number of unbranched alkanes of at least 4 members (excludes halogenated alkanes) is 3. The minimum atomic E-state index is 0.0637. The van der Waals surface area contributed by atoms with Gasteiger partial charge in [0, 0.05) is 13.0 Å². The van der Waals surface area contributed by atoms with E-state index in [1.165, 1.54) is 6.42 Å². The van der Waals surface area contributed by atoms with Crippen molar-refractivity contribution in [2.75, 3.05) is 13.1 Å². The van der Waals surface area contributed by atoms with Crippen molar-refractivity contribution in [3.05, 3.63) is 12.7 Å². The zero-order valence-corrected chi connectivity index (χ0v) is 10.9. The van der Waals surface area contributed by atoms with Gasteiger partial charge in [0.25, 0.3) is 0 Å². The predicted octanol–water partition coefficient (Wildman–Crippen LogP) is 2.61. The van der Waals surface area contributed by atoms with Crippen molar-refractivity contribution in [2.24, 2.45) is 5.73 Å². The molecule has 0 fully saturated rings. The SMILES string of the molecule is C=CCC(=O)NCCCCCCN.CCC. The summed E-state index contributed by atoms with van der Waals surface area (Å²) in [4.78, 5) is 10.9. The van der Waals surface area contributed by atoms with Crippen LogP contribution in [-0.2, 0) is 4.79 Å². The van der Waals surface area contributed by atoms with E-state index in [0.717, 1.165) is 38.8 Å². The van der Waals surface area contributed by atoms with Crippen LogP contribution in [0.2, 0.25) is 0 Å². The Balaban J connectivity index is 0. The summed E-state index contributed by atoms with van der Waals surface area (Å²) in [6.07, 6.45) is 7.72. The second kappa shape index (κ2) is 16.6. The smallest absolute Gasteiger partial charge is 0.223 e. The van der Waals surface area contributed by atoms with E-state index in [1.807, 2.05) is 0 Å². The lowest BCUT2D eigenvalue weighted by Crippen LogP contribution is -2.23. The van der Waals surface area contributed by atoms with Gasteiger partial charge in [0.1, 0.15) is 0 Å². The van der Waals surface area contributed by atoms with Gasteiger partial charge in [0.05, 0.1) is 0 Å². The Hall–Kier alpha value is -0.830. The van der Waals surface area contributed by atoms with Gasteiger partial charge >= 0.3 is 0 Å². The first-order valence-electron chi connectivity index (χ1n) is 6.30. The summed E-state index contributed by atoms with van der Waals surface area (Å²) >= 11 is 0. The minimum Gasteiger partial charge on any atom is -0.356 e. The van der Waals surface area contributed by atoms with Gasteiger partial charge in [-0.15, -0.1) is 6.58 Å². The molecule has 3 heteroatoms. The Morgan fingerprint density at radius 3 is 2.31 bits per heavy atom. The quantitative estimate of drug-likeness (QED) is 0.495. The molecular formula is C13H28N2O. The molecule has 0 aromatic rings. The Bertz CT molecular complexity index is 158. The number of hydrogen-bond donors (Lipinski definition) is 2. The zero-order valence-electron chi connectivity index (χ0n) is 10.9. The van der Waals surface area contributed by atoms with Crippen molar-refractivity contribution >= 4 is 5.91 Å². The monoisotopic (exact) mass is 228 g/mol. The lowest BCUT2D eigenvalue weighted by Gasteiger charge is -2.02. The Kier molecular flexibility index (Phi) is 18.2. The Morgan fingerprint density at radius 2 is 1.81 bits per heavy atom. The highest BCUT2D eigenvalue weighted by Crippen LogP contribution is 1.96. The average Bonchev–Trinajstić information content (AvgIpc) is 2.25. The van der Waals surface area contributed by atoms with Gasteiger partial charge in [0.2, 0.25) is 5.91 Å². The van der Waals surface area contributed by atoms with Crippen LogP contribution in [0.3, 0.4) is 0 Å². The van der Waals surface area contributed by atoms with E-state index in [1.54, 1.807) is 6.08 Å². The molecule has 0 saturated carbocycles. The number of hydrogen-bond acceptors (Lipinski definition) is 2. The molecule has 0 bridgehead atoms. The molecular weight excluding hydrogens is 200 g/mol. The molecule has 0 aliphatic rings. The fourth-order valence-corrected chi connectivity index (χ4v) is 1.05. The van der Waals surface area contributed by atoms with Crippen molar-refractivity contribution < 1.29 is 4.79 Å². The summed E-state index contributed by atoms with van der Waals surface area (Å²) in [6, 6.07) is 0. The van der Waals surface area contributed by atoms with Crippen LogP contribution < -0.4 is 11.1 Å². The maximum Gasteiger partial charge on any atom is 0.223 e. The molecule has 0 aromatic heterocycles. The maximum absolute atomic E-state index is 10.9. The van der Waals surface area contributed by atoms with Gasteiger partial charge in [-0.25, -0.2) is 0 Å². The van der Waals surface area contributed by atoms with E-state index in [2.05, 4.69) is 25.7 Å². The fourth-order valence-electron chi connectivity index (χ4n) is 1.05. The van der Waals surface area contributed by atoms with E-state index in [4.69, 9.17) is 5.73 Å². The standard InChI is InChI=1S/C10H20N2O.C3H8/c1-2-7-10(13)12-9-6-4-3-5-8-11;1-3-2/h2H,1,3-9,11H2,(H,12,13);3H2,1-2H3. The summed E-state index contributed by atoms with van der Waals surface area (Å²) in [6.45, 7) is 9.29. The molecule has 96 valence electrons. The fraction of sp³-hybridized carbons (Fsp3) is 0.769. The number of carbonyl (C=O) groups is 1. The van der Waals surface area contributed by atoms with Crippen LogP contribution in [-0.4, -0.2) is 19.0 Å². The number of rotatable bonds is 8. The molecule has 0 aliphatic heterocycles. The second-order valence-electron chi connectivity index (χ2n) is 3.75. The van der Waals surface area contributed by atoms with Crippen LogP contribution >= 0.6 is 0 Å². The van der Waals surface area contributed by atoms with Gasteiger partial charge in [-0.2, -0.15) is 0 Å². The lowest BCUT2D eigenvalue weighted by atomic mass is 10.2. The number of amides is 1. The summed E-state index contributed by atoms with van der Waals surface area (Å²) in [5.74, 6) is 0.0637. The third kappa shape index (κ3) is 18.9. The number of carbonyl (C=O) groups excluding carboxylic acids is 1. The summed E-state index contributed by atoms with van der Waals surface area (Å²) < 4.78 is 0. The van der Waals surface area contributed by atoms with E-state index in [-0.39, 0.29) is 5.91 Å². The van der Waals surface area contributed by atoms with Crippen molar-refractivity contribution in [1.29, 1.82) is 0 Å². The first-order valence-corrected chi connectivity index (χ1v) is 6.30. The van der Waals surface area contributed by atoms with Crippen LogP contribution in [0.4, 0.5) is 0 Å². The van der Waals surface area contributed by atoms with E-state index in [0.29, 0.717) is 6.42 Å². The summed E-state index contributed by atoms with van der Waals surface area (Å²) in [5.41, 5.74) is 5.35. The molecule has 3 N–H and O–H groups in total. The molecule has 16 heavy (non-hydrogen) atoms. The average molecular weight is 228 g/mol. The molecule has 0 aromatic carbocycles. The summed E-state index contributed by atoms with van der Waals surface area (Å²) in [5, 5.41) is 2.82. The number of nitrogens with two attached hydrogens (primary N) is 1. The molecule has 0 saturated heterocycles. The highest BCUT2D eigenvalue weighted by Gasteiger charge is 1.95. The highest BCUT2D eigenvalue weighted by atomic mass is 16.1. The molecule has 3 nitrogen and oxygen atoms in total. The molecule has 1 amide bonds. The van der Waals surface area contributed by atoms with Crippen molar-refractivity contribution in [1.82, 2.24) is 5.32 Å². The van der Waals surface area contributed by atoms with Crippen molar-refractivity contribution in [3.8, 4) is 0 Å². The minimum absolute atomic E-state index is 0.0637.